The van der Waals surface area contributed by atoms with E-state index in [0.29, 0.717) is 18.6 Å². The fourth-order valence-electron chi connectivity index (χ4n) is 3.95. The lowest BCUT2D eigenvalue weighted by Crippen LogP contribution is -2.43. The first kappa shape index (κ1) is 25.1. The summed E-state index contributed by atoms with van der Waals surface area (Å²) in [5.74, 6) is -0.293. The Morgan fingerprint density at radius 2 is 1.37 bits per heavy atom. The summed E-state index contributed by atoms with van der Waals surface area (Å²) in [5.41, 5.74) is 1.81. The molecule has 35 heavy (non-hydrogen) atoms. The van der Waals surface area contributed by atoms with Gasteiger partial charge in [0, 0.05) is 0 Å². The molecule has 0 aliphatic carbocycles. The second-order valence-corrected chi connectivity index (χ2v) is 15.7. The van der Waals surface area contributed by atoms with Gasteiger partial charge in [0.25, 0.3) is 0 Å². The van der Waals surface area contributed by atoms with E-state index in [0.717, 1.165) is 17.2 Å². The maximum absolute atomic E-state index is 13.1. The van der Waals surface area contributed by atoms with Gasteiger partial charge in [-0.15, -0.1) is 0 Å². The van der Waals surface area contributed by atoms with Crippen LogP contribution in [-0.4, -0.2) is 27.0 Å². The number of rotatable bonds is 8. The van der Waals surface area contributed by atoms with Crippen LogP contribution in [0.1, 0.15) is 43.1 Å². The number of hydrogen-bond acceptors (Lipinski definition) is 3. The topological polar surface area (TPSA) is 35.5 Å². The summed E-state index contributed by atoms with van der Waals surface area (Å²) < 4.78 is 12.5. The van der Waals surface area contributed by atoms with Crippen LogP contribution in [0.25, 0.3) is 21.5 Å². The Hall–Kier alpha value is -2.95. The first-order valence-electron chi connectivity index (χ1n) is 12.4. The van der Waals surface area contributed by atoms with Gasteiger partial charge >= 0.3 is 5.97 Å². The Kier molecular flexibility index (Phi) is 7.44. The molecule has 0 spiro atoms. The van der Waals surface area contributed by atoms with Gasteiger partial charge in [-0.2, -0.15) is 0 Å². The van der Waals surface area contributed by atoms with E-state index < -0.39 is 8.32 Å². The maximum Gasteiger partial charge on any atom is 0.338 e. The van der Waals surface area contributed by atoms with E-state index in [1.807, 2.05) is 42.5 Å². The van der Waals surface area contributed by atoms with Crippen LogP contribution in [0.15, 0.2) is 84.9 Å². The SMILES string of the molecule is CC(C)(C)[Si](C)(C)OCC(CCc1ccc2ccccc2c1)OC(=O)c1ccc2ccccc2c1. The first-order valence-corrected chi connectivity index (χ1v) is 15.3. The molecule has 0 saturated carbocycles. The monoisotopic (exact) mass is 484 g/mol. The average Bonchev–Trinajstić information content (AvgIpc) is 2.84. The largest absolute Gasteiger partial charge is 0.456 e. The average molecular weight is 485 g/mol. The van der Waals surface area contributed by atoms with Crippen molar-refractivity contribution in [1.82, 2.24) is 0 Å². The molecule has 0 N–H and O–H groups in total. The van der Waals surface area contributed by atoms with E-state index in [1.165, 1.54) is 16.3 Å². The summed E-state index contributed by atoms with van der Waals surface area (Å²) in [7, 11) is -1.97. The second kappa shape index (κ2) is 10.3. The third kappa shape index (κ3) is 6.19. The van der Waals surface area contributed by atoms with Crippen molar-refractivity contribution >= 4 is 35.8 Å². The molecule has 0 aliphatic rings. The van der Waals surface area contributed by atoms with E-state index in [9.17, 15) is 4.79 Å². The minimum absolute atomic E-state index is 0.0955. The normalized spacial score (nSPS) is 13.2. The van der Waals surface area contributed by atoms with Crippen LogP contribution in [0.3, 0.4) is 0 Å². The number of carbonyl (C=O) groups is 1. The van der Waals surface area contributed by atoms with E-state index in [4.69, 9.17) is 9.16 Å². The van der Waals surface area contributed by atoms with Gasteiger partial charge in [0.05, 0.1) is 12.2 Å². The molecule has 0 saturated heterocycles. The smallest absolute Gasteiger partial charge is 0.338 e. The summed E-state index contributed by atoms with van der Waals surface area (Å²) in [6, 6.07) is 28.7. The Morgan fingerprint density at radius 3 is 2.00 bits per heavy atom. The van der Waals surface area contributed by atoms with Crippen molar-refractivity contribution in [3.63, 3.8) is 0 Å². The zero-order valence-corrected chi connectivity index (χ0v) is 22.5. The van der Waals surface area contributed by atoms with E-state index in [2.05, 4.69) is 76.3 Å². The standard InChI is InChI=1S/C31H36O3Si/c1-31(2,3)35(4,5)33-22-29(19-15-23-14-16-24-10-6-8-12-26(24)20-23)34-30(32)28-18-17-25-11-7-9-13-27(25)21-28/h6-14,16-18,20-21,29H,15,19,22H2,1-5H3. The summed E-state index contributed by atoms with van der Waals surface area (Å²) in [5, 5.41) is 4.70. The van der Waals surface area contributed by atoms with Crippen LogP contribution >= 0.6 is 0 Å². The fraction of sp³-hybridized carbons (Fsp3) is 0.323. The molecular formula is C31H36O3Si. The first-order chi connectivity index (χ1) is 16.6. The molecule has 4 heteroatoms. The van der Waals surface area contributed by atoms with Crippen molar-refractivity contribution in [3.8, 4) is 0 Å². The molecule has 1 unspecified atom stereocenters. The van der Waals surface area contributed by atoms with Crippen LogP contribution in [0.4, 0.5) is 0 Å². The van der Waals surface area contributed by atoms with Gasteiger partial charge in [-0.3, -0.25) is 0 Å². The van der Waals surface area contributed by atoms with Crippen LogP contribution in [0.5, 0.6) is 0 Å². The Balaban J connectivity index is 1.50. The molecule has 4 aromatic carbocycles. The molecular weight excluding hydrogens is 448 g/mol. The van der Waals surface area contributed by atoms with Gasteiger partial charge in [0.2, 0.25) is 0 Å². The van der Waals surface area contributed by atoms with Gasteiger partial charge in [-0.1, -0.05) is 93.6 Å². The number of benzene rings is 4. The van der Waals surface area contributed by atoms with Crippen molar-refractivity contribution in [2.45, 2.75) is 57.8 Å². The van der Waals surface area contributed by atoms with E-state index in [-0.39, 0.29) is 17.1 Å². The predicted octanol–water partition coefficient (Wildman–Crippen LogP) is 8.17. The number of aryl methyl sites for hydroxylation is 1. The van der Waals surface area contributed by atoms with Crippen LogP contribution in [-0.2, 0) is 15.6 Å². The molecule has 3 nitrogen and oxygen atoms in total. The molecule has 0 heterocycles. The molecule has 0 bridgehead atoms. The van der Waals surface area contributed by atoms with Crippen molar-refractivity contribution in [2.24, 2.45) is 0 Å². The number of esters is 1. The third-order valence-corrected chi connectivity index (χ3v) is 11.8. The van der Waals surface area contributed by atoms with E-state index >= 15 is 0 Å². The molecule has 0 amide bonds. The lowest BCUT2D eigenvalue weighted by Gasteiger charge is -2.37. The molecule has 0 fully saturated rings. The fourth-order valence-corrected chi connectivity index (χ4v) is 4.99. The lowest BCUT2D eigenvalue weighted by molar-refractivity contribution is 0.0134. The van der Waals surface area contributed by atoms with Crippen molar-refractivity contribution < 1.29 is 14.0 Å². The van der Waals surface area contributed by atoms with Crippen LogP contribution in [0, 0.1) is 0 Å². The molecule has 0 radical (unpaired) electrons. The minimum atomic E-state index is -1.97. The zero-order valence-electron chi connectivity index (χ0n) is 21.5. The van der Waals surface area contributed by atoms with Crippen LogP contribution < -0.4 is 0 Å². The van der Waals surface area contributed by atoms with E-state index in [1.54, 1.807) is 0 Å². The van der Waals surface area contributed by atoms with Crippen molar-refractivity contribution in [1.29, 1.82) is 0 Å². The number of carbonyl (C=O) groups excluding carboxylic acids is 1. The van der Waals surface area contributed by atoms with Crippen LogP contribution in [0.2, 0.25) is 18.1 Å². The molecule has 0 aliphatic heterocycles. The third-order valence-electron chi connectivity index (χ3n) is 7.26. The van der Waals surface area contributed by atoms with Gasteiger partial charge < -0.3 is 9.16 Å². The predicted molar refractivity (Wildman–Crippen MR) is 149 cm³/mol. The number of hydrogen-bond donors (Lipinski definition) is 0. The highest BCUT2D eigenvalue weighted by Crippen LogP contribution is 2.36. The highest BCUT2D eigenvalue weighted by molar-refractivity contribution is 6.74. The van der Waals surface area contributed by atoms with Gasteiger partial charge in [-0.25, -0.2) is 4.79 Å². The number of fused-ring (bicyclic) bond motifs is 2. The molecule has 1 atom stereocenters. The highest BCUT2D eigenvalue weighted by Gasteiger charge is 2.38. The summed E-state index contributed by atoms with van der Waals surface area (Å²) in [6.45, 7) is 11.6. The number of ether oxygens (including phenoxy) is 1. The summed E-state index contributed by atoms with van der Waals surface area (Å²) in [4.78, 5) is 13.1. The lowest BCUT2D eigenvalue weighted by atomic mass is 10.0. The van der Waals surface area contributed by atoms with Crippen molar-refractivity contribution in [3.05, 3.63) is 96.1 Å². The zero-order chi connectivity index (χ0) is 25.1. The Labute approximate surface area is 210 Å². The second-order valence-electron chi connectivity index (χ2n) is 10.9. The molecule has 0 aromatic heterocycles. The minimum Gasteiger partial charge on any atom is -0.456 e. The molecule has 4 rings (SSSR count). The van der Waals surface area contributed by atoms with Gasteiger partial charge in [0.15, 0.2) is 8.32 Å². The quantitative estimate of drug-likeness (QED) is 0.187. The van der Waals surface area contributed by atoms with Gasteiger partial charge in [0.1, 0.15) is 6.10 Å². The van der Waals surface area contributed by atoms with Gasteiger partial charge in [-0.05, 0) is 70.2 Å². The highest BCUT2D eigenvalue weighted by atomic mass is 28.4. The maximum atomic E-state index is 13.1. The molecule has 4 aromatic rings. The summed E-state index contributed by atoms with van der Waals surface area (Å²) >= 11 is 0. The van der Waals surface area contributed by atoms with Crippen molar-refractivity contribution in [2.75, 3.05) is 6.61 Å². The Bertz CT molecular complexity index is 1320. The molecule has 182 valence electrons. The summed E-state index contributed by atoms with van der Waals surface area (Å²) in [6.07, 6.45) is 1.22. The Morgan fingerprint density at radius 1 is 0.800 bits per heavy atom.